The lowest BCUT2D eigenvalue weighted by atomic mass is 10.2. The summed E-state index contributed by atoms with van der Waals surface area (Å²) in [6.07, 6.45) is 6.44. The fourth-order valence-electron chi connectivity index (χ4n) is 1.63. The number of nitrogens with zero attached hydrogens (tertiary/aromatic N) is 2. The number of rotatable bonds is 5. The molecule has 1 atom stereocenters. The highest BCUT2D eigenvalue weighted by molar-refractivity contribution is 5.04. The highest BCUT2D eigenvalue weighted by Crippen LogP contribution is 2.11. The van der Waals surface area contributed by atoms with E-state index in [9.17, 15) is 0 Å². The molecule has 2 aromatic heterocycles. The lowest BCUT2D eigenvalue weighted by molar-refractivity contribution is 0.494. The molecule has 4 nitrogen and oxygen atoms in total. The standard InChI is InChI=1S/C12H16N4/c1-2-11(12-14-7-8-15-12)16-9-10-5-3-4-6-13-10/h3-8,11,16H,2,9H2,1H3,(H,14,15). The SMILES string of the molecule is CCC(NCc1ccccn1)c1ncc[nH]1. The Morgan fingerprint density at radius 1 is 1.31 bits per heavy atom. The molecule has 2 aromatic rings. The molecule has 0 amide bonds. The van der Waals surface area contributed by atoms with E-state index in [4.69, 9.17) is 0 Å². The molecule has 0 spiro atoms. The Hall–Kier alpha value is -1.68. The third kappa shape index (κ3) is 2.67. The van der Waals surface area contributed by atoms with Crippen molar-refractivity contribution in [2.75, 3.05) is 0 Å². The van der Waals surface area contributed by atoms with Gasteiger partial charge in [-0.25, -0.2) is 4.98 Å². The van der Waals surface area contributed by atoms with Gasteiger partial charge in [0.25, 0.3) is 0 Å². The van der Waals surface area contributed by atoms with Crippen LogP contribution in [0.5, 0.6) is 0 Å². The van der Waals surface area contributed by atoms with Crippen LogP contribution in [0.2, 0.25) is 0 Å². The minimum atomic E-state index is 0.261. The van der Waals surface area contributed by atoms with Crippen LogP contribution in [0, 0.1) is 0 Å². The maximum absolute atomic E-state index is 4.27. The van der Waals surface area contributed by atoms with Crippen molar-refractivity contribution in [3.8, 4) is 0 Å². The number of nitrogens with one attached hydrogen (secondary N) is 2. The molecule has 4 heteroatoms. The van der Waals surface area contributed by atoms with Gasteiger partial charge < -0.3 is 10.3 Å². The van der Waals surface area contributed by atoms with Gasteiger partial charge in [-0.3, -0.25) is 4.98 Å². The molecule has 0 radical (unpaired) electrons. The molecule has 0 bridgehead atoms. The predicted molar refractivity (Wildman–Crippen MR) is 62.7 cm³/mol. The van der Waals surface area contributed by atoms with E-state index in [-0.39, 0.29) is 6.04 Å². The molecular formula is C12H16N4. The summed E-state index contributed by atoms with van der Waals surface area (Å²) in [5.74, 6) is 0.985. The third-order valence-corrected chi connectivity index (χ3v) is 2.51. The van der Waals surface area contributed by atoms with Crippen molar-refractivity contribution in [3.63, 3.8) is 0 Å². The summed E-state index contributed by atoms with van der Waals surface area (Å²) in [4.78, 5) is 11.7. The molecule has 0 saturated heterocycles. The minimum Gasteiger partial charge on any atom is -0.347 e. The fourth-order valence-corrected chi connectivity index (χ4v) is 1.63. The van der Waals surface area contributed by atoms with Crippen LogP contribution in [0.1, 0.15) is 30.9 Å². The van der Waals surface area contributed by atoms with Crippen molar-refractivity contribution in [3.05, 3.63) is 48.3 Å². The Morgan fingerprint density at radius 3 is 2.88 bits per heavy atom. The summed E-state index contributed by atoms with van der Waals surface area (Å²) < 4.78 is 0. The van der Waals surface area contributed by atoms with Gasteiger partial charge in [0.2, 0.25) is 0 Å². The number of hydrogen-bond acceptors (Lipinski definition) is 3. The Bertz CT molecular complexity index is 396. The lowest BCUT2D eigenvalue weighted by Crippen LogP contribution is -2.21. The van der Waals surface area contributed by atoms with Crippen molar-refractivity contribution in [2.45, 2.75) is 25.9 Å². The van der Waals surface area contributed by atoms with Crippen molar-refractivity contribution in [2.24, 2.45) is 0 Å². The molecular weight excluding hydrogens is 200 g/mol. The zero-order valence-electron chi connectivity index (χ0n) is 9.35. The van der Waals surface area contributed by atoms with Crippen molar-refractivity contribution in [1.29, 1.82) is 0 Å². The fraction of sp³-hybridized carbons (Fsp3) is 0.333. The van der Waals surface area contributed by atoms with Crippen LogP contribution < -0.4 is 5.32 Å². The van der Waals surface area contributed by atoms with E-state index < -0.39 is 0 Å². The maximum Gasteiger partial charge on any atom is 0.123 e. The number of aromatic nitrogens is 3. The van der Waals surface area contributed by atoms with Gasteiger partial charge in [0.05, 0.1) is 11.7 Å². The van der Waals surface area contributed by atoms with Crippen molar-refractivity contribution < 1.29 is 0 Å². The summed E-state index contributed by atoms with van der Waals surface area (Å²) in [5, 5.41) is 3.43. The van der Waals surface area contributed by atoms with E-state index in [1.807, 2.05) is 30.6 Å². The monoisotopic (exact) mass is 216 g/mol. The maximum atomic E-state index is 4.27. The molecule has 0 aliphatic rings. The quantitative estimate of drug-likeness (QED) is 0.804. The van der Waals surface area contributed by atoms with Crippen LogP contribution in [-0.4, -0.2) is 15.0 Å². The Kier molecular flexibility index (Phi) is 3.66. The van der Waals surface area contributed by atoms with Gasteiger partial charge in [-0.2, -0.15) is 0 Å². The molecule has 84 valence electrons. The van der Waals surface area contributed by atoms with Crippen LogP contribution in [-0.2, 0) is 6.54 Å². The van der Waals surface area contributed by atoms with Gasteiger partial charge in [0.1, 0.15) is 5.82 Å². The smallest absolute Gasteiger partial charge is 0.123 e. The molecule has 2 heterocycles. The largest absolute Gasteiger partial charge is 0.347 e. The molecule has 0 aliphatic carbocycles. The van der Waals surface area contributed by atoms with E-state index in [1.54, 1.807) is 6.20 Å². The first-order valence-corrected chi connectivity index (χ1v) is 5.52. The average molecular weight is 216 g/mol. The Balaban J connectivity index is 1.94. The van der Waals surface area contributed by atoms with Gasteiger partial charge in [-0.05, 0) is 18.6 Å². The molecule has 2 rings (SSSR count). The Morgan fingerprint density at radius 2 is 2.25 bits per heavy atom. The highest BCUT2D eigenvalue weighted by Gasteiger charge is 2.10. The van der Waals surface area contributed by atoms with Crippen LogP contribution in [0.15, 0.2) is 36.8 Å². The normalized spacial score (nSPS) is 12.6. The number of H-pyrrole nitrogens is 1. The topological polar surface area (TPSA) is 53.6 Å². The van der Waals surface area contributed by atoms with Gasteiger partial charge in [0, 0.05) is 25.1 Å². The summed E-state index contributed by atoms with van der Waals surface area (Å²) in [7, 11) is 0. The van der Waals surface area contributed by atoms with Crippen LogP contribution in [0.4, 0.5) is 0 Å². The first-order chi connectivity index (χ1) is 7.90. The minimum absolute atomic E-state index is 0.261. The number of imidazole rings is 1. The first kappa shape index (κ1) is 10.8. The first-order valence-electron chi connectivity index (χ1n) is 5.52. The van der Waals surface area contributed by atoms with Crippen molar-refractivity contribution in [1.82, 2.24) is 20.3 Å². The molecule has 2 N–H and O–H groups in total. The molecule has 0 fully saturated rings. The Labute approximate surface area is 95.1 Å². The summed E-state index contributed by atoms with van der Waals surface area (Å²) in [5.41, 5.74) is 1.05. The van der Waals surface area contributed by atoms with E-state index in [2.05, 4.69) is 27.2 Å². The molecule has 1 unspecified atom stereocenters. The van der Waals surface area contributed by atoms with E-state index in [0.29, 0.717) is 0 Å². The van der Waals surface area contributed by atoms with Gasteiger partial charge >= 0.3 is 0 Å². The molecule has 0 aromatic carbocycles. The van der Waals surface area contributed by atoms with Gasteiger partial charge in [0.15, 0.2) is 0 Å². The zero-order valence-corrected chi connectivity index (χ0v) is 9.35. The third-order valence-electron chi connectivity index (χ3n) is 2.51. The zero-order chi connectivity index (χ0) is 11.2. The van der Waals surface area contributed by atoms with E-state index in [0.717, 1.165) is 24.5 Å². The number of aromatic amines is 1. The van der Waals surface area contributed by atoms with E-state index >= 15 is 0 Å². The predicted octanol–water partition coefficient (Wildman–Crippen LogP) is 2.05. The van der Waals surface area contributed by atoms with Crippen LogP contribution in [0.25, 0.3) is 0 Å². The average Bonchev–Trinajstić information content (AvgIpc) is 2.85. The number of pyridine rings is 1. The molecule has 0 saturated carbocycles. The molecule has 0 aliphatic heterocycles. The number of hydrogen-bond donors (Lipinski definition) is 2. The highest BCUT2D eigenvalue weighted by atomic mass is 15.0. The van der Waals surface area contributed by atoms with Crippen LogP contribution >= 0.6 is 0 Å². The second kappa shape index (κ2) is 5.42. The summed E-state index contributed by atoms with van der Waals surface area (Å²) >= 11 is 0. The van der Waals surface area contributed by atoms with E-state index in [1.165, 1.54) is 0 Å². The summed E-state index contributed by atoms with van der Waals surface area (Å²) in [6.45, 7) is 2.90. The van der Waals surface area contributed by atoms with Crippen LogP contribution in [0.3, 0.4) is 0 Å². The summed E-state index contributed by atoms with van der Waals surface area (Å²) in [6, 6.07) is 6.20. The van der Waals surface area contributed by atoms with Gasteiger partial charge in [-0.1, -0.05) is 13.0 Å². The second-order valence-electron chi connectivity index (χ2n) is 3.64. The van der Waals surface area contributed by atoms with Crippen molar-refractivity contribution >= 4 is 0 Å². The second-order valence-corrected chi connectivity index (χ2v) is 3.64. The molecule has 16 heavy (non-hydrogen) atoms. The van der Waals surface area contributed by atoms with Gasteiger partial charge in [-0.15, -0.1) is 0 Å². The lowest BCUT2D eigenvalue weighted by Gasteiger charge is -2.13.